The predicted molar refractivity (Wildman–Crippen MR) is 60.3 cm³/mol. The molecule has 0 unspecified atom stereocenters. The molecule has 6 heteroatoms. The fourth-order valence-corrected chi connectivity index (χ4v) is 2.18. The normalized spacial score (nSPS) is 11.6. The molecule has 16 heavy (non-hydrogen) atoms. The summed E-state index contributed by atoms with van der Waals surface area (Å²) < 4.78 is 24.1. The second kappa shape index (κ2) is 5.16. The van der Waals surface area contributed by atoms with Gasteiger partial charge >= 0.3 is 5.97 Å². The Bertz CT molecular complexity index is 461. The predicted octanol–water partition coefficient (Wildman–Crippen LogP) is 1.01. The van der Waals surface area contributed by atoms with E-state index in [1.807, 2.05) is 0 Å². The minimum Gasteiger partial charge on any atom is -0.478 e. The molecule has 0 fully saturated rings. The fourth-order valence-electron chi connectivity index (χ4n) is 1.32. The van der Waals surface area contributed by atoms with Crippen LogP contribution in [-0.4, -0.2) is 35.6 Å². The summed E-state index contributed by atoms with van der Waals surface area (Å²) in [6.07, 6.45) is 3.65. The maximum Gasteiger partial charge on any atom is 0.337 e. The molecule has 1 N–H and O–H groups in total. The highest BCUT2D eigenvalue weighted by molar-refractivity contribution is 7.91. The lowest BCUT2D eigenvalue weighted by Gasteiger charge is -2.02. The fraction of sp³-hybridized carbons (Fsp3) is 0.500. The van der Waals surface area contributed by atoms with Crippen LogP contribution in [0.1, 0.15) is 23.7 Å². The van der Waals surface area contributed by atoms with Gasteiger partial charge in [-0.3, -0.25) is 0 Å². The number of aromatic carboxylic acids is 1. The van der Waals surface area contributed by atoms with E-state index in [1.165, 1.54) is 12.3 Å². The molecule has 0 saturated carbocycles. The van der Waals surface area contributed by atoms with Crippen molar-refractivity contribution in [3.63, 3.8) is 0 Å². The lowest BCUT2D eigenvalue weighted by atomic mass is 10.4. The van der Waals surface area contributed by atoms with Crippen molar-refractivity contribution < 1.29 is 18.3 Å². The molecule has 0 aliphatic carbocycles. The Morgan fingerprint density at radius 2 is 2.19 bits per heavy atom. The van der Waals surface area contributed by atoms with Crippen LogP contribution in [0.25, 0.3) is 0 Å². The summed E-state index contributed by atoms with van der Waals surface area (Å²) in [6, 6.07) is 1.50. The van der Waals surface area contributed by atoms with E-state index in [1.54, 1.807) is 17.7 Å². The van der Waals surface area contributed by atoms with Gasteiger partial charge in [0.15, 0.2) is 0 Å². The Labute approximate surface area is 94.6 Å². The van der Waals surface area contributed by atoms with Crippen molar-refractivity contribution in [1.29, 1.82) is 0 Å². The SMILES string of the molecule is CCS(=O)(=O)CCCn1ccc(C(=O)O)c1. The molecule has 0 atom stereocenters. The van der Waals surface area contributed by atoms with Gasteiger partial charge in [0.2, 0.25) is 0 Å². The molecule has 0 aliphatic rings. The van der Waals surface area contributed by atoms with Crippen LogP contribution in [-0.2, 0) is 16.4 Å². The monoisotopic (exact) mass is 245 g/mol. The molecule has 0 aliphatic heterocycles. The van der Waals surface area contributed by atoms with E-state index in [4.69, 9.17) is 5.11 Å². The number of hydrogen-bond donors (Lipinski definition) is 1. The summed E-state index contributed by atoms with van der Waals surface area (Å²) in [5.41, 5.74) is 0.221. The van der Waals surface area contributed by atoms with Crippen LogP contribution in [0.2, 0.25) is 0 Å². The molecule has 0 bridgehead atoms. The first kappa shape index (κ1) is 12.8. The van der Waals surface area contributed by atoms with E-state index < -0.39 is 15.8 Å². The minimum atomic E-state index is -2.93. The number of carboxylic acids is 1. The highest BCUT2D eigenvalue weighted by Gasteiger charge is 2.08. The number of carboxylic acid groups (broad SMARTS) is 1. The third kappa shape index (κ3) is 3.69. The Hall–Kier alpha value is -1.30. The number of aryl methyl sites for hydroxylation is 1. The van der Waals surface area contributed by atoms with Gasteiger partial charge < -0.3 is 9.67 Å². The van der Waals surface area contributed by atoms with Gasteiger partial charge in [0, 0.05) is 24.7 Å². The van der Waals surface area contributed by atoms with Crippen molar-refractivity contribution in [1.82, 2.24) is 4.57 Å². The molecule has 0 radical (unpaired) electrons. The highest BCUT2D eigenvalue weighted by atomic mass is 32.2. The lowest BCUT2D eigenvalue weighted by Crippen LogP contribution is -2.10. The lowest BCUT2D eigenvalue weighted by molar-refractivity contribution is 0.0697. The maximum absolute atomic E-state index is 11.2. The summed E-state index contributed by atoms with van der Waals surface area (Å²) in [6.45, 7) is 2.14. The van der Waals surface area contributed by atoms with Crippen LogP contribution in [0.3, 0.4) is 0 Å². The summed E-state index contributed by atoms with van der Waals surface area (Å²) in [5.74, 6) is -0.678. The molecule has 1 rings (SSSR count). The molecule has 0 aromatic carbocycles. The smallest absolute Gasteiger partial charge is 0.337 e. The molecule has 0 spiro atoms. The van der Waals surface area contributed by atoms with Gasteiger partial charge in [-0.1, -0.05) is 6.92 Å². The first-order chi connectivity index (χ1) is 7.44. The van der Waals surface area contributed by atoms with Crippen LogP contribution >= 0.6 is 0 Å². The zero-order chi connectivity index (χ0) is 12.2. The second-order valence-corrected chi connectivity index (χ2v) is 6.01. The zero-order valence-electron chi connectivity index (χ0n) is 9.09. The molecular weight excluding hydrogens is 230 g/mol. The van der Waals surface area contributed by atoms with Gasteiger partial charge in [-0.15, -0.1) is 0 Å². The summed E-state index contributed by atoms with van der Waals surface area (Å²) >= 11 is 0. The van der Waals surface area contributed by atoms with Gasteiger partial charge in [0.1, 0.15) is 9.84 Å². The van der Waals surface area contributed by atoms with E-state index in [0.717, 1.165) is 0 Å². The number of hydrogen-bond acceptors (Lipinski definition) is 3. The second-order valence-electron chi connectivity index (χ2n) is 3.53. The van der Waals surface area contributed by atoms with E-state index in [-0.39, 0.29) is 17.1 Å². The van der Waals surface area contributed by atoms with Crippen molar-refractivity contribution in [3.05, 3.63) is 24.0 Å². The Morgan fingerprint density at radius 3 is 2.69 bits per heavy atom. The van der Waals surface area contributed by atoms with Gasteiger partial charge in [-0.05, 0) is 12.5 Å². The molecule has 1 aromatic rings. The Kier molecular flexibility index (Phi) is 4.12. The van der Waals surface area contributed by atoms with Crippen LogP contribution in [0.15, 0.2) is 18.5 Å². The Balaban J connectivity index is 2.46. The highest BCUT2D eigenvalue weighted by Crippen LogP contribution is 2.03. The molecule has 0 saturated heterocycles. The third-order valence-corrected chi connectivity index (χ3v) is 4.10. The topological polar surface area (TPSA) is 76.4 Å². The number of aromatic nitrogens is 1. The van der Waals surface area contributed by atoms with Crippen LogP contribution in [0.5, 0.6) is 0 Å². The van der Waals surface area contributed by atoms with E-state index >= 15 is 0 Å². The van der Waals surface area contributed by atoms with Crippen molar-refractivity contribution in [3.8, 4) is 0 Å². The van der Waals surface area contributed by atoms with Crippen molar-refractivity contribution in [2.45, 2.75) is 19.9 Å². The largest absolute Gasteiger partial charge is 0.478 e. The van der Waals surface area contributed by atoms with E-state index in [9.17, 15) is 13.2 Å². The standard InChI is InChI=1S/C10H15NO4S/c1-2-16(14,15)7-3-5-11-6-4-9(8-11)10(12)13/h4,6,8H,2-3,5,7H2,1H3,(H,12,13). The average molecular weight is 245 g/mol. The third-order valence-electron chi connectivity index (χ3n) is 2.31. The molecular formula is C10H15NO4S. The first-order valence-corrected chi connectivity index (χ1v) is 6.86. The molecule has 1 heterocycles. The molecule has 90 valence electrons. The Morgan fingerprint density at radius 1 is 1.50 bits per heavy atom. The number of rotatable bonds is 6. The summed E-state index contributed by atoms with van der Waals surface area (Å²) in [7, 11) is -2.93. The molecule has 5 nitrogen and oxygen atoms in total. The quantitative estimate of drug-likeness (QED) is 0.811. The molecule has 1 aromatic heterocycles. The zero-order valence-corrected chi connectivity index (χ0v) is 9.90. The van der Waals surface area contributed by atoms with Crippen LogP contribution < -0.4 is 0 Å². The van der Waals surface area contributed by atoms with Gasteiger partial charge in [-0.2, -0.15) is 0 Å². The van der Waals surface area contributed by atoms with Crippen LogP contribution in [0, 0.1) is 0 Å². The van der Waals surface area contributed by atoms with E-state index in [0.29, 0.717) is 13.0 Å². The van der Waals surface area contributed by atoms with Crippen molar-refractivity contribution in [2.75, 3.05) is 11.5 Å². The summed E-state index contributed by atoms with van der Waals surface area (Å²) in [5, 5.41) is 8.68. The van der Waals surface area contributed by atoms with Gasteiger partial charge in [-0.25, -0.2) is 13.2 Å². The number of carbonyl (C=O) groups is 1. The minimum absolute atomic E-state index is 0.143. The number of nitrogens with zero attached hydrogens (tertiary/aromatic N) is 1. The van der Waals surface area contributed by atoms with E-state index in [2.05, 4.69) is 0 Å². The molecule has 0 amide bonds. The van der Waals surface area contributed by atoms with Gasteiger partial charge in [0.05, 0.1) is 11.3 Å². The van der Waals surface area contributed by atoms with Crippen LogP contribution in [0.4, 0.5) is 0 Å². The summed E-state index contributed by atoms with van der Waals surface area (Å²) in [4.78, 5) is 10.6. The van der Waals surface area contributed by atoms with Crippen molar-refractivity contribution >= 4 is 15.8 Å². The first-order valence-electron chi connectivity index (χ1n) is 5.04. The number of sulfone groups is 1. The van der Waals surface area contributed by atoms with Gasteiger partial charge in [0.25, 0.3) is 0 Å². The van der Waals surface area contributed by atoms with Crippen molar-refractivity contribution in [2.24, 2.45) is 0 Å². The average Bonchev–Trinajstić information content (AvgIpc) is 2.66. The maximum atomic E-state index is 11.2.